The summed E-state index contributed by atoms with van der Waals surface area (Å²) in [6, 6.07) is 3.39. The molecule has 0 radical (unpaired) electrons. The summed E-state index contributed by atoms with van der Waals surface area (Å²) in [5.41, 5.74) is 0.643. The molecular formula is C27H40F2O8. The number of carbonyl (C=O) groups excluding carboxylic acids is 1. The molecule has 0 bridgehead atoms. The Hall–Kier alpha value is -2.11. The molecular weight excluding hydrogens is 490 g/mol. The Morgan fingerprint density at radius 2 is 1.81 bits per heavy atom. The Labute approximate surface area is 216 Å². The second-order valence-corrected chi connectivity index (χ2v) is 9.52. The number of aliphatic hydroxyl groups excluding tert-OH is 5. The van der Waals surface area contributed by atoms with Gasteiger partial charge in [0.15, 0.2) is 17.4 Å². The molecule has 0 spiro atoms. The van der Waals surface area contributed by atoms with Crippen molar-refractivity contribution in [3.63, 3.8) is 0 Å². The molecule has 1 aliphatic rings. The monoisotopic (exact) mass is 530 g/mol. The van der Waals surface area contributed by atoms with E-state index in [1.165, 1.54) is 6.07 Å². The van der Waals surface area contributed by atoms with Crippen molar-refractivity contribution in [3.8, 4) is 5.75 Å². The van der Waals surface area contributed by atoms with E-state index in [1.807, 2.05) is 0 Å². The largest absolute Gasteiger partial charge is 0.482 e. The van der Waals surface area contributed by atoms with E-state index in [9.17, 15) is 34.0 Å². The van der Waals surface area contributed by atoms with Gasteiger partial charge in [-0.15, -0.1) is 0 Å². The summed E-state index contributed by atoms with van der Waals surface area (Å²) in [5.74, 6) is -2.94. The van der Waals surface area contributed by atoms with Crippen molar-refractivity contribution in [1.82, 2.24) is 0 Å². The van der Waals surface area contributed by atoms with Crippen LogP contribution in [0.15, 0.2) is 29.8 Å². The molecule has 8 nitrogen and oxygen atoms in total. The van der Waals surface area contributed by atoms with Crippen LogP contribution >= 0.6 is 0 Å². The Balaban J connectivity index is 1.82. The first kappa shape index (κ1) is 31.1. The summed E-state index contributed by atoms with van der Waals surface area (Å²) in [4.78, 5) is 11.6. The fourth-order valence-corrected chi connectivity index (χ4v) is 4.54. The average molecular weight is 531 g/mol. The first-order valence-corrected chi connectivity index (χ1v) is 13.0. The number of hydrogen-bond acceptors (Lipinski definition) is 8. The maximum absolute atomic E-state index is 13.9. The fraction of sp³-hybridized carbons (Fsp3) is 0.667. The van der Waals surface area contributed by atoms with Crippen LogP contribution in [0.25, 0.3) is 0 Å². The van der Waals surface area contributed by atoms with Crippen molar-refractivity contribution in [1.29, 1.82) is 0 Å². The Bertz CT molecular complexity index is 845. The SMILES string of the molecule is CCC(Oc1c(F)cccc1F)C(O)C/C=C1/[C@H](O)C[C@H](O)[C@@H]1CCCCCCC(=O)OCC(O)CO. The van der Waals surface area contributed by atoms with Crippen LogP contribution in [-0.4, -0.2) is 75.2 Å². The molecule has 0 heterocycles. The molecule has 0 aromatic heterocycles. The molecule has 1 saturated carbocycles. The van der Waals surface area contributed by atoms with Crippen molar-refractivity contribution >= 4 is 5.97 Å². The number of benzene rings is 1. The molecule has 2 rings (SSSR count). The third-order valence-electron chi connectivity index (χ3n) is 6.65. The van der Waals surface area contributed by atoms with Crippen molar-refractivity contribution < 1.29 is 48.6 Å². The normalized spacial score (nSPS) is 23.1. The Morgan fingerprint density at radius 1 is 1.14 bits per heavy atom. The van der Waals surface area contributed by atoms with Crippen LogP contribution in [0.4, 0.5) is 8.78 Å². The number of esters is 1. The highest BCUT2D eigenvalue weighted by atomic mass is 19.1. The number of carbonyl (C=O) groups is 1. The van der Waals surface area contributed by atoms with Gasteiger partial charge in [-0.2, -0.15) is 0 Å². The van der Waals surface area contributed by atoms with Crippen LogP contribution in [0.2, 0.25) is 0 Å². The van der Waals surface area contributed by atoms with Gasteiger partial charge in [-0.25, -0.2) is 8.78 Å². The van der Waals surface area contributed by atoms with Crippen LogP contribution in [0.5, 0.6) is 5.75 Å². The van der Waals surface area contributed by atoms with Crippen molar-refractivity contribution in [2.75, 3.05) is 13.2 Å². The summed E-state index contributed by atoms with van der Waals surface area (Å²) < 4.78 is 38.2. The van der Waals surface area contributed by atoms with Gasteiger partial charge in [0, 0.05) is 18.8 Å². The second-order valence-electron chi connectivity index (χ2n) is 9.52. The van der Waals surface area contributed by atoms with Crippen LogP contribution in [0.3, 0.4) is 0 Å². The topological polar surface area (TPSA) is 137 Å². The lowest BCUT2D eigenvalue weighted by Crippen LogP contribution is -2.31. The van der Waals surface area contributed by atoms with Crippen LogP contribution < -0.4 is 4.74 Å². The van der Waals surface area contributed by atoms with E-state index >= 15 is 0 Å². The summed E-state index contributed by atoms with van der Waals surface area (Å²) >= 11 is 0. The molecule has 0 aliphatic heterocycles. The number of aliphatic hydroxyl groups is 5. The molecule has 1 aliphatic carbocycles. The second kappa shape index (κ2) is 16.0. The Morgan fingerprint density at radius 3 is 2.46 bits per heavy atom. The van der Waals surface area contributed by atoms with Gasteiger partial charge in [-0.3, -0.25) is 4.79 Å². The van der Waals surface area contributed by atoms with Crippen molar-refractivity contribution in [2.45, 2.75) is 95.2 Å². The van der Waals surface area contributed by atoms with E-state index in [2.05, 4.69) is 0 Å². The molecule has 1 fully saturated rings. The standard InChI is InChI=1S/C27H40F2O8/c1-2-25(37-27-20(28)9-7-10-21(27)29)22(32)13-12-19-18(23(33)14-24(19)34)8-5-3-4-6-11-26(35)36-16-17(31)15-30/h7,9-10,12,17-18,22-25,30-34H,2-6,8,11,13-16H2,1H3/b19-12+/t17?,18-,22?,23+,24-,25?/m1/s1. The van der Waals surface area contributed by atoms with Gasteiger partial charge >= 0.3 is 5.97 Å². The van der Waals surface area contributed by atoms with Crippen LogP contribution in [0, 0.1) is 17.6 Å². The number of hydrogen-bond donors (Lipinski definition) is 5. The molecule has 1 aromatic rings. The van der Waals surface area contributed by atoms with Gasteiger partial charge in [0.2, 0.25) is 0 Å². The van der Waals surface area contributed by atoms with E-state index in [-0.39, 0.29) is 31.8 Å². The van der Waals surface area contributed by atoms with Gasteiger partial charge in [0.1, 0.15) is 18.8 Å². The van der Waals surface area contributed by atoms with Gasteiger partial charge in [0.05, 0.1) is 24.9 Å². The third-order valence-corrected chi connectivity index (χ3v) is 6.65. The van der Waals surface area contributed by atoms with Crippen LogP contribution in [-0.2, 0) is 9.53 Å². The first-order valence-electron chi connectivity index (χ1n) is 13.0. The van der Waals surface area contributed by atoms with E-state index < -0.39 is 60.5 Å². The van der Waals surface area contributed by atoms with Gasteiger partial charge in [-0.1, -0.05) is 38.3 Å². The molecule has 37 heavy (non-hydrogen) atoms. The lowest BCUT2D eigenvalue weighted by Gasteiger charge is -2.23. The number of rotatable bonds is 16. The van der Waals surface area contributed by atoms with Crippen molar-refractivity contribution in [3.05, 3.63) is 41.5 Å². The molecule has 1 aromatic carbocycles. The molecule has 3 unspecified atom stereocenters. The van der Waals surface area contributed by atoms with E-state index in [0.717, 1.165) is 31.4 Å². The van der Waals surface area contributed by atoms with Crippen molar-refractivity contribution in [2.24, 2.45) is 5.92 Å². The average Bonchev–Trinajstić information content (AvgIpc) is 3.14. The van der Waals surface area contributed by atoms with E-state index in [4.69, 9.17) is 14.6 Å². The minimum Gasteiger partial charge on any atom is -0.482 e. The zero-order valence-corrected chi connectivity index (χ0v) is 21.3. The first-order chi connectivity index (χ1) is 17.7. The molecule has 0 saturated heterocycles. The van der Waals surface area contributed by atoms with Gasteiger partial charge < -0.3 is 35.0 Å². The maximum Gasteiger partial charge on any atom is 0.305 e. The molecule has 0 amide bonds. The minimum atomic E-state index is -1.07. The maximum atomic E-state index is 13.9. The lowest BCUT2D eigenvalue weighted by molar-refractivity contribution is -0.147. The van der Waals surface area contributed by atoms with Gasteiger partial charge in [-0.05, 0) is 43.4 Å². The molecule has 6 atom stereocenters. The van der Waals surface area contributed by atoms with Gasteiger partial charge in [0.25, 0.3) is 0 Å². The fourth-order valence-electron chi connectivity index (χ4n) is 4.54. The highest BCUT2D eigenvalue weighted by molar-refractivity contribution is 5.69. The third kappa shape index (κ3) is 9.94. The highest BCUT2D eigenvalue weighted by Gasteiger charge is 2.36. The summed E-state index contributed by atoms with van der Waals surface area (Å²) in [6.45, 7) is 1.03. The summed E-state index contributed by atoms with van der Waals surface area (Å²) in [7, 11) is 0. The van der Waals surface area contributed by atoms with Crippen LogP contribution in [0.1, 0.15) is 64.7 Å². The lowest BCUT2D eigenvalue weighted by atomic mass is 9.92. The summed E-state index contributed by atoms with van der Waals surface area (Å²) in [6.07, 6.45) is 1.54. The quantitative estimate of drug-likeness (QED) is 0.125. The number of ether oxygens (including phenoxy) is 2. The zero-order valence-electron chi connectivity index (χ0n) is 21.3. The highest BCUT2D eigenvalue weighted by Crippen LogP contribution is 2.36. The molecule has 5 N–H and O–H groups in total. The number of halogens is 2. The number of para-hydroxylation sites is 1. The minimum absolute atomic E-state index is 0.0945. The Kier molecular flexibility index (Phi) is 13.4. The smallest absolute Gasteiger partial charge is 0.305 e. The predicted molar refractivity (Wildman–Crippen MR) is 132 cm³/mol. The van der Waals surface area contributed by atoms with E-state index in [1.54, 1.807) is 13.0 Å². The molecule has 10 heteroatoms. The number of unbranched alkanes of at least 4 members (excludes halogenated alkanes) is 3. The molecule has 210 valence electrons. The predicted octanol–water partition coefficient (Wildman–Crippen LogP) is 2.78. The van der Waals surface area contributed by atoms with E-state index in [0.29, 0.717) is 24.8 Å². The zero-order chi connectivity index (χ0) is 27.4. The summed E-state index contributed by atoms with van der Waals surface area (Å²) in [5, 5.41) is 49.4.